The SMILES string of the molecule is CN[C@H]1C(O)=C(C(N)=O)C(=O)C2C(=O)c3c(c(C)c4ccc(C)c(O)c4c3O)CC21. The number of fused-ring (bicyclic) bond motifs is 3. The second kappa shape index (κ2) is 6.56. The largest absolute Gasteiger partial charge is 0.510 e. The van der Waals surface area contributed by atoms with Gasteiger partial charge in [0.15, 0.2) is 11.6 Å². The van der Waals surface area contributed by atoms with Crippen LogP contribution in [0.1, 0.15) is 27.0 Å². The molecule has 0 bridgehead atoms. The summed E-state index contributed by atoms with van der Waals surface area (Å²) in [5.74, 6) is -5.53. The predicted octanol–water partition coefficient (Wildman–Crippen LogP) is 1.31. The van der Waals surface area contributed by atoms with Crippen molar-refractivity contribution in [2.45, 2.75) is 26.3 Å². The first-order valence-electron chi connectivity index (χ1n) is 9.57. The van der Waals surface area contributed by atoms with E-state index in [4.69, 9.17) is 5.73 Å². The molecule has 0 fully saturated rings. The van der Waals surface area contributed by atoms with Crippen molar-refractivity contribution in [1.82, 2.24) is 5.32 Å². The number of aliphatic hydroxyl groups excluding tert-OH is 1. The van der Waals surface area contributed by atoms with Gasteiger partial charge in [-0.3, -0.25) is 14.4 Å². The van der Waals surface area contributed by atoms with Crippen LogP contribution in [0.5, 0.6) is 11.5 Å². The van der Waals surface area contributed by atoms with Gasteiger partial charge in [0.25, 0.3) is 5.91 Å². The second-order valence-corrected chi connectivity index (χ2v) is 7.95. The number of nitrogens with two attached hydrogens (primary N) is 1. The lowest BCUT2D eigenvalue weighted by atomic mass is 9.64. The molecule has 0 radical (unpaired) electrons. The van der Waals surface area contributed by atoms with Crippen LogP contribution < -0.4 is 11.1 Å². The number of likely N-dealkylation sites (N-methyl/N-ethyl adjacent to an activating group) is 1. The average molecular weight is 410 g/mol. The number of phenols is 2. The quantitative estimate of drug-likeness (QED) is 0.370. The molecule has 6 N–H and O–H groups in total. The molecule has 8 nitrogen and oxygen atoms in total. The van der Waals surface area contributed by atoms with E-state index in [1.54, 1.807) is 33.0 Å². The molecule has 30 heavy (non-hydrogen) atoms. The third-order valence-electron chi connectivity index (χ3n) is 6.47. The highest BCUT2D eigenvalue weighted by Crippen LogP contribution is 2.48. The van der Waals surface area contributed by atoms with Gasteiger partial charge in [-0.25, -0.2) is 0 Å². The fraction of sp³-hybridized carbons (Fsp3) is 0.318. The zero-order valence-corrected chi connectivity index (χ0v) is 16.7. The number of benzene rings is 2. The number of carbonyl (C=O) groups excluding carboxylic acids is 3. The fourth-order valence-corrected chi connectivity index (χ4v) is 4.95. The Bertz CT molecular complexity index is 1200. The van der Waals surface area contributed by atoms with Crippen molar-refractivity contribution in [3.8, 4) is 11.5 Å². The van der Waals surface area contributed by atoms with Crippen molar-refractivity contribution in [2.75, 3.05) is 7.05 Å². The molecule has 0 saturated carbocycles. The zero-order chi connectivity index (χ0) is 22.1. The molecule has 2 aromatic carbocycles. The molecule has 2 aromatic rings. The molecule has 8 heteroatoms. The van der Waals surface area contributed by atoms with Gasteiger partial charge in [-0.2, -0.15) is 0 Å². The number of carbonyl (C=O) groups is 3. The molecule has 4 rings (SSSR count). The molecule has 0 spiro atoms. The summed E-state index contributed by atoms with van der Waals surface area (Å²) >= 11 is 0. The summed E-state index contributed by atoms with van der Waals surface area (Å²) in [7, 11) is 1.55. The Morgan fingerprint density at radius 2 is 1.77 bits per heavy atom. The minimum atomic E-state index is -1.27. The van der Waals surface area contributed by atoms with E-state index in [-0.39, 0.29) is 28.9 Å². The minimum absolute atomic E-state index is 0.0319. The van der Waals surface area contributed by atoms with Crippen molar-refractivity contribution < 1.29 is 29.7 Å². The lowest BCUT2D eigenvalue weighted by Crippen LogP contribution is -2.54. The molecule has 2 aliphatic rings. The number of primary amides is 1. The lowest BCUT2D eigenvalue weighted by Gasteiger charge is -2.40. The van der Waals surface area contributed by atoms with Gasteiger partial charge in [0, 0.05) is 5.92 Å². The van der Waals surface area contributed by atoms with Crippen LogP contribution in [-0.2, 0) is 16.0 Å². The molecule has 0 heterocycles. The normalized spacial score (nSPS) is 23.5. The Kier molecular flexibility index (Phi) is 4.36. The number of aromatic hydroxyl groups is 2. The summed E-state index contributed by atoms with van der Waals surface area (Å²) in [6.07, 6.45) is 0.211. The van der Waals surface area contributed by atoms with Gasteiger partial charge in [-0.05, 0) is 49.4 Å². The van der Waals surface area contributed by atoms with E-state index in [0.29, 0.717) is 22.1 Å². The molecule has 0 aliphatic heterocycles. The van der Waals surface area contributed by atoms with Crippen molar-refractivity contribution in [2.24, 2.45) is 17.6 Å². The van der Waals surface area contributed by atoms with Crippen LogP contribution in [0.4, 0.5) is 0 Å². The minimum Gasteiger partial charge on any atom is -0.510 e. The third kappa shape index (κ3) is 2.40. The second-order valence-electron chi connectivity index (χ2n) is 7.95. The van der Waals surface area contributed by atoms with Crippen molar-refractivity contribution >= 4 is 28.2 Å². The van der Waals surface area contributed by atoms with E-state index in [9.17, 15) is 29.7 Å². The van der Waals surface area contributed by atoms with Crippen molar-refractivity contribution in [1.29, 1.82) is 0 Å². The van der Waals surface area contributed by atoms with Gasteiger partial charge in [-0.15, -0.1) is 0 Å². The number of hydrogen-bond acceptors (Lipinski definition) is 7. The lowest BCUT2D eigenvalue weighted by molar-refractivity contribution is -0.125. The van der Waals surface area contributed by atoms with Crippen LogP contribution in [0.15, 0.2) is 23.5 Å². The van der Waals surface area contributed by atoms with Gasteiger partial charge in [0.1, 0.15) is 22.8 Å². The number of phenolic OH excluding ortho intramolecular Hbond substituents is 2. The number of rotatable bonds is 2. The van der Waals surface area contributed by atoms with E-state index >= 15 is 0 Å². The molecular formula is C22H22N2O6. The number of ketones is 2. The van der Waals surface area contributed by atoms with Gasteiger partial charge < -0.3 is 26.4 Å². The smallest absolute Gasteiger partial charge is 0.255 e. The highest BCUT2D eigenvalue weighted by atomic mass is 16.3. The van der Waals surface area contributed by atoms with Gasteiger partial charge >= 0.3 is 0 Å². The number of amides is 1. The summed E-state index contributed by atoms with van der Waals surface area (Å²) in [4.78, 5) is 38.2. The van der Waals surface area contributed by atoms with Crippen LogP contribution >= 0.6 is 0 Å². The topological polar surface area (TPSA) is 150 Å². The number of aryl methyl sites for hydroxylation is 2. The number of Topliss-reactive ketones (excluding diaryl/α,β-unsaturated/α-hetero) is 2. The summed E-state index contributed by atoms with van der Waals surface area (Å²) in [6.45, 7) is 3.46. The Morgan fingerprint density at radius 3 is 2.37 bits per heavy atom. The first kappa shape index (κ1) is 19.9. The number of nitrogens with one attached hydrogen (secondary N) is 1. The standard InChI is InChI=1S/C22H22N2O6/c1-7-4-5-9-8(2)10-6-11-14(19(27)13(10)18(26)12(9)17(7)25)20(28)15(22(23)30)21(29)16(11)24-3/h4-5,11,14,16,24-26,29H,6H2,1-3H3,(H2,23,30)/t11?,14?,16-/m1/s1. The van der Waals surface area contributed by atoms with E-state index < -0.39 is 46.7 Å². The zero-order valence-electron chi connectivity index (χ0n) is 16.7. The highest BCUT2D eigenvalue weighted by molar-refractivity contribution is 6.29. The van der Waals surface area contributed by atoms with Crippen LogP contribution in [0.3, 0.4) is 0 Å². The molecular weight excluding hydrogens is 388 g/mol. The molecule has 2 unspecified atom stereocenters. The van der Waals surface area contributed by atoms with E-state index in [1.807, 2.05) is 0 Å². The van der Waals surface area contributed by atoms with Crippen LogP contribution in [-0.4, -0.2) is 45.9 Å². The molecule has 156 valence electrons. The number of aliphatic hydroxyl groups is 1. The molecule has 2 aliphatic carbocycles. The maximum atomic E-state index is 13.5. The fourth-order valence-electron chi connectivity index (χ4n) is 4.95. The van der Waals surface area contributed by atoms with Crippen molar-refractivity contribution in [3.63, 3.8) is 0 Å². The maximum Gasteiger partial charge on any atom is 0.255 e. The first-order valence-corrected chi connectivity index (χ1v) is 9.57. The molecule has 0 saturated heterocycles. The third-order valence-corrected chi connectivity index (χ3v) is 6.47. The van der Waals surface area contributed by atoms with Gasteiger partial charge in [0.2, 0.25) is 0 Å². The Labute approximate surface area is 172 Å². The number of hydrogen-bond donors (Lipinski definition) is 5. The maximum absolute atomic E-state index is 13.5. The highest BCUT2D eigenvalue weighted by Gasteiger charge is 2.52. The summed E-state index contributed by atoms with van der Waals surface area (Å²) in [5.41, 5.74) is 6.45. The Balaban J connectivity index is 2.02. The van der Waals surface area contributed by atoms with Crippen LogP contribution in [0.2, 0.25) is 0 Å². The predicted molar refractivity (Wildman–Crippen MR) is 108 cm³/mol. The first-order chi connectivity index (χ1) is 14.1. The summed E-state index contributed by atoms with van der Waals surface area (Å²) in [6, 6.07) is 2.66. The molecule has 0 aromatic heterocycles. The average Bonchev–Trinajstić information content (AvgIpc) is 2.67. The summed E-state index contributed by atoms with van der Waals surface area (Å²) < 4.78 is 0. The van der Waals surface area contributed by atoms with Crippen LogP contribution in [0.25, 0.3) is 10.8 Å². The summed E-state index contributed by atoms with van der Waals surface area (Å²) in [5, 5.41) is 35.6. The van der Waals surface area contributed by atoms with Gasteiger partial charge in [0.05, 0.1) is 22.9 Å². The van der Waals surface area contributed by atoms with E-state index in [2.05, 4.69) is 5.32 Å². The Hall–Kier alpha value is -3.39. The molecule has 1 amide bonds. The van der Waals surface area contributed by atoms with E-state index in [0.717, 1.165) is 0 Å². The Morgan fingerprint density at radius 1 is 1.10 bits per heavy atom. The van der Waals surface area contributed by atoms with Crippen LogP contribution in [0, 0.1) is 25.7 Å². The molecule has 3 atom stereocenters. The van der Waals surface area contributed by atoms with Crippen molar-refractivity contribution in [3.05, 3.63) is 45.7 Å². The van der Waals surface area contributed by atoms with Gasteiger partial charge in [-0.1, -0.05) is 12.1 Å². The monoisotopic (exact) mass is 410 g/mol. The van der Waals surface area contributed by atoms with E-state index in [1.165, 1.54) is 0 Å².